The Morgan fingerprint density at radius 1 is 1.43 bits per heavy atom. The van der Waals surface area contributed by atoms with Gasteiger partial charge in [-0.3, -0.25) is 4.79 Å². The molecule has 0 radical (unpaired) electrons. The highest BCUT2D eigenvalue weighted by molar-refractivity contribution is 7.98. The van der Waals surface area contributed by atoms with Crippen LogP contribution in [-0.2, 0) is 9.53 Å². The second kappa shape index (κ2) is 8.63. The Hall–Kier alpha value is -2.56. The first kappa shape index (κ1) is 20.2. The lowest BCUT2D eigenvalue weighted by molar-refractivity contribution is -0.119. The number of rotatable bonds is 6. The van der Waals surface area contributed by atoms with Crippen LogP contribution in [0.5, 0.6) is 0 Å². The summed E-state index contributed by atoms with van der Waals surface area (Å²) in [6, 6.07) is 8.79. The molecule has 1 fully saturated rings. The number of benzene rings is 1. The zero-order chi connectivity index (χ0) is 20.3. The highest BCUT2D eigenvalue weighted by Crippen LogP contribution is 2.40. The third kappa shape index (κ3) is 4.46. The molecule has 0 bridgehead atoms. The van der Waals surface area contributed by atoms with Crippen molar-refractivity contribution in [1.29, 1.82) is 5.26 Å². The van der Waals surface area contributed by atoms with Crippen LogP contribution in [0.25, 0.3) is 0 Å². The van der Waals surface area contributed by atoms with Gasteiger partial charge in [0.15, 0.2) is 6.61 Å². The number of amides is 1. The van der Waals surface area contributed by atoms with Crippen molar-refractivity contribution in [3.05, 3.63) is 51.7 Å². The van der Waals surface area contributed by atoms with E-state index < -0.39 is 18.5 Å². The lowest BCUT2D eigenvalue weighted by Gasteiger charge is -2.12. The van der Waals surface area contributed by atoms with Gasteiger partial charge in [-0.2, -0.15) is 5.26 Å². The van der Waals surface area contributed by atoms with E-state index in [0.29, 0.717) is 21.7 Å². The Morgan fingerprint density at radius 2 is 2.18 bits per heavy atom. The number of carbonyl (C=O) groups excluding carboxylic acids is 2. The standard InChI is InChI=1S/C20H18ClN3O3S/c1-11-15(21)4-3-5-16(11)23-18(25)10-27-20(26)13-8-17(12-6-7-12)24-19(28-2)14(13)9-22/h3-5,8,12H,6-7,10H2,1-2H3,(H,23,25). The van der Waals surface area contributed by atoms with Crippen LogP contribution in [0.1, 0.15) is 45.9 Å². The van der Waals surface area contributed by atoms with E-state index in [1.807, 2.05) is 6.07 Å². The van der Waals surface area contributed by atoms with Crippen LogP contribution in [0.2, 0.25) is 5.02 Å². The number of hydrogen-bond donors (Lipinski definition) is 1. The molecular weight excluding hydrogens is 398 g/mol. The molecule has 1 amide bonds. The van der Waals surface area contributed by atoms with E-state index in [-0.39, 0.29) is 11.1 Å². The number of nitrogens with zero attached hydrogens (tertiary/aromatic N) is 2. The number of ether oxygens (including phenoxy) is 1. The summed E-state index contributed by atoms with van der Waals surface area (Å²) in [5, 5.41) is 13.1. The van der Waals surface area contributed by atoms with E-state index in [9.17, 15) is 14.9 Å². The number of aromatic nitrogens is 1. The topological polar surface area (TPSA) is 92.1 Å². The van der Waals surface area contributed by atoms with Crippen molar-refractivity contribution in [3.8, 4) is 6.07 Å². The summed E-state index contributed by atoms with van der Waals surface area (Å²) in [7, 11) is 0. The maximum atomic E-state index is 12.6. The van der Waals surface area contributed by atoms with Gasteiger partial charge in [-0.25, -0.2) is 9.78 Å². The first-order valence-electron chi connectivity index (χ1n) is 8.65. The quantitative estimate of drug-likeness (QED) is 0.558. The van der Waals surface area contributed by atoms with E-state index in [1.54, 1.807) is 37.4 Å². The van der Waals surface area contributed by atoms with Crippen LogP contribution < -0.4 is 5.32 Å². The Balaban J connectivity index is 1.72. The average Bonchev–Trinajstić information content (AvgIpc) is 3.53. The first-order valence-corrected chi connectivity index (χ1v) is 10.3. The SMILES string of the molecule is CSc1nc(C2CC2)cc(C(=O)OCC(=O)Nc2cccc(Cl)c2C)c1C#N. The van der Waals surface area contributed by atoms with E-state index in [1.165, 1.54) is 11.8 Å². The van der Waals surface area contributed by atoms with Gasteiger partial charge in [-0.05, 0) is 49.8 Å². The highest BCUT2D eigenvalue weighted by Gasteiger charge is 2.29. The Morgan fingerprint density at radius 3 is 2.82 bits per heavy atom. The smallest absolute Gasteiger partial charge is 0.340 e. The fourth-order valence-corrected chi connectivity index (χ4v) is 3.41. The van der Waals surface area contributed by atoms with E-state index in [4.69, 9.17) is 16.3 Å². The Bertz CT molecular complexity index is 983. The molecule has 0 spiro atoms. The van der Waals surface area contributed by atoms with Gasteiger partial charge in [0.25, 0.3) is 5.91 Å². The van der Waals surface area contributed by atoms with Gasteiger partial charge in [0.2, 0.25) is 0 Å². The molecule has 0 saturated heterocycles. The van der Waals surface area contributed by atoms with Crippen LogP contribution >= 0.6 is 23.4 Å². The summed E-state index contributed by atoms with van der Waals surface area (Å²) in [6.45, 7) is 1.31. The zero-order valence-corrected chi connectivity index (χ0v) is 17.0. The minimum atomic E-state index is -0.714. The van der Waals surface area contributed by atoms with Gasteiger partial charge in [0.1, 0.15) is 11.1 Å². The van der Waals surface area contributed by atoms with Crippen molar-refractivity contribution in [2.45, 2.75) is 30.7 Å². The monoisotopic (exact) mass is 415 g/mol. The van der Waals surface area contributed by atoms with E-state index >= 15 is 0 Å². The molecule has 28 heavy (non-hydrogen) atoms. The van der Waals surface area contributed by atoms with Crippen LogP contribution in [0, 0.1) is 18.3 Å². The van der Waals surface area contributed by atoms with Gasteiger partial charge in [-0.1, -0.05) is 17.7 Å². The molecule has 1 heterocycles. The third-order valence-corrected chi connectivity index (χ3v) is 5.49. The molecule has 1 N–H and O–H groups in total. The predicted octanol–water partition coefficient (Wildman–Crippen LogP) is 4.31. The molecule has 1 saturated carbocycles. The normalized spacial score (nSPS) is 12.9. The second-order valence-corrected chi connectivity index (χ2v) is 7.60. The summed E-state index contributed by atoms with van der Waals surface area (Å²) in [6.07, 6.45) is 3.83. The number of nitriles is 1. The van der Waals surface area contributed by atoms with E-state index in [0.717, 1.165) is 24.1 Å². The summed E-state index contributed by atoms with van der Waals surface area (Å²) in [5.74, 6) is -0.882. The molecule has 1 aliphatic rings. The molecule has 3 rings (SSSR count). The molecule has 8 heteroatoms. The van der Waals surface area contributed by atoms with Gasteiger partial charge in [-0.15, -0.1) is 11.8 Å². The number of carbonyl (C=O) groups is 2. The van der Waals surface area contributed by atoms with Gasteiger partial charge < -0.3 is 10.1 Å². The number of hydrogen-bond acceptors (Lipinski definition) is 6. The molecule has 144 valence electrons. The number of esters is 1. The van der Waals surface area contributed by atoms with Gasteiger partial charge >= 0.3 is 5.97 Å². The molecular formula is C20H18ClN3O3S. The van der Waals surface area contributed by atoms with Crippen LogP contribution in [0.4, 0.5) is 5.69 Å². The number of thioether (sulfide) groups is 1. The predicted molar refractivity (Wildman–Crippen MR) is 108 cm³/mol. The van der Waals surface area contributed by atoms with Gasteiger partial charge in [0.05, 0.1) is 11.1 Å². The molecule has 0 unspecified atom stereocenters. The molecule has 1 aromatic carbocycles. The molecule has 0 aliphatic heterocycles. The van der Waals surface area contributed by atoms with Crippen molar-refractivity contribution in [2.24, 2.45) is 0 Å². The Labute approximate surface area is 172 Å². The molecule has 1 aromatic heterocycles. The minimum Gasteiger partial charge on any atom is -0.452 e. The average molecular weight is 416 g/mol. The molecule has 1 aliphatic carbocycles. The summed E-state index contributed by atoms with van der Waals surface area (Å²) in [5.41, 5.74) is 2.39. The lowest BCUT2D eigenvalue weighted by atomic mass is 10.1. The van der Waals surface area contributed by atoms with Crippen molar-refractivity contribution in [2.75, 3.05) is 18.2 Å². The lowest BCUT2D eigenvalue weighted by Crippen LogP contribution is -2.22. The molecule has 0 atom stereocenters. The summed E-state index contributed by atoms with van der Waals surface area (Å²) < 4.78 is 5.16. The minimum absolute atomic E-state index is 0.149. The first-order chi connectivity index (χ1) is 13.4. The number of halogens is 1. The van der Waals surface area contributed by atoms with Gasteiger partial charge in [0, 0.05) is 22.3 Å². The number of pyridine rings is 1. The van der Waals surface area contributed by atoms with Crippen molar-refractivity contribution in [1.82, 2.24) is 4.98 Å². The van der Waals surface area contributed by atoms with Crippen LogP contribution in [-0.4, -0.2) is 29.7 Å². The maximum absolute atomic E-state index is 12.6. The molecule has 2 aromatic rings. The number of anilines is 1. The molecule has 6 nitrogen and oxygen atoms in total. The second-order valence-electron chi connectivity index (χ2n) is 6.40. The third-order valence-electron chi connectivity index (χ3n) is 4.40. The maximum Gasteiger partial charge on any atom is 0.340 e. The fourth-order valence-electron chi connectivity index (χ4n) is 2.68. The highest BCUT2D eigenvalue weighted by atomic mass is 35.5. The largest absolute Gasteiger partial charge is 0.452 e. The summed E-state index contributed by atoms with van der Waals surface area (Å²) in [4.78, 5) is 29.2. The van der Waals surface area contributed by atoms with E-state index in [2.05, 4.69) is 10.3 Å². The van der Waals surface area contributed by atoms with Crippen LogP contribution in [0.15, 0.2) is 29.3 Å². The fraction of sp³-hybridized carbons (Fsp3) is 0.300. The Kier molecular flexibility index (Phi) is 6.22. The zero-order valence-electron chi connectivity index (χ0n) is 15.4. The summed E-state index contributed by atoms with van der Waals surface area (Å²) >= 11 is 7.34. The van der Waals surface area contributed by atoms with Crippen molar-refractivity contribution >= 4 is 40.9 Å². The van der Waals surface area contributed by atoms with Crippen LogP contribution in [0.3, 0.4) is 0 Å². The van der Waals surface area contributed by atoms with Crippen molar-refractivity contribution < 1.29 is 14.3 Å². The van der Waals surface area contributed by atoms with Crippen molar-refractivity contribution in [3.63, 3.8) is 0 Å². The number of nitrogens with one attached hydrogen (secondary N) is 1.